The quantitative estimate of drug-likeness (QED) is 0.721. The van der Waals surface area contributed by atoms with Gasteiger partial charge in [-0.15, -0.1) is 0 Å². The van der Waals surface area contributed by atoms with Crippen molar-refractivity contribution in [1.29, 1.82) is 0 Å². The summed E-state index contributed by atoms with van der Waals surface area (Å²) in [5, 5.41) is 3.13. The van der Waals surface area contributed by atoms with Crippen LogP contribution in [0.1, 0.15) is 19.8 Å². The third-order valence-corrected chi connectivity index (χ3v) is 5.46. The van der Waals surface area contributed by atoms with Crippen LogP contribution < -0.4 is 5.32 Å². The summed E-state index contributed by atoms with van der Waals surface area (Å²) in [6.07, 6.45) is 2.02. The zero-order valence-electron chi connectivity index (χ0n) is 9.94. The maximum absolute atomic E-state index is 12.0. The molecule has 1 aliphatic rings. The molecule has 0 aromatic rings. The lowest BCUT2D eigenvalue weighted by molar-refractivity contribution is 0.434. The molecule has 0 aliphatic carbocycles. The molecule has 0 radical (unpaired) electrons. The molecule has 1 saturated heterocycles. The van der Waals surface area contributed by atoms with Crippen LogP contribution in [-0.4, -0.2) is 56.2 Å². The fourth-order valence-electron chi connectivity index (χ4n) is 1.63. The van der Waals surface area contributed by atoms with Crippen molar-refractivity contribution in [2.45, 2.75) is 19.8 Å². The predicted molar refractivity (Wildman–Crippen MR) is 70.5 cm³/mol. The van der Waals surface area contributed by atoms with E-state index in [4.69, 9.17) is 0 Å². The van der Waals surface area contributed by atoms with Crippen LogP contribution in [-0.2, 0) is 10.0 Å². The number of nitrogens with zero attached hydrogens (tertiary/aromatic N) is 1. The molecule has 6 heteroatoms. The average molecular weight is 266 g/mol. The van der Waals surface area contributed by atoms with Crippen LogP contribution in [0, 0.1) is 0 Å². The zero-order chi connectivity index (χ0) is 11.9. The Bertz CT molecular complexity index is 273. The highest BCUT2D eigenvalue weighted by Gasteiger charge is 2.22. The van der Waals surface area contributed by atoms with Gasteiger partial charge in [-0.05, 0) is 25.1 Å². The van der Waals surface area contributed by atoms with Crippen LogP contribution in [0.15, 0.2) is 0 Å². The molecule has 1 aliphatic heterocycles. The largest absolute Gasteiger partial charge is 0.316 e. The molecule has 96 valence electrons. The summed E-state index contributed by atoms with van der Waals surface area (Å²) in [5.74, 6) is 2.25. The van der Waals surface area contributed by atoms with Gasteiger partial charge in [0.05, 0.1) is 5.75 Å². The number of thioether (sulfide) groups is 1. The Morgan fingerprint density at radius 2 is 2.06 bits per heavy atom. The molecule has 1 fully saturated rings. The Balaban J connectivity index is 2.36. The van der Waals surface area contributed by atoms with Crippen LogP contribution in [0.4, 0.5) is 0 Å². The number of hydrogen-bond acceptors (Lipinski definition) is 4. The van der Waals surface area contributed by atoms with E-state index in [1.165, 1.54) is 0 Å². The summed E-state index contributed by atoms with van der Waals surface area (Å²) < 4.78 is 25.6. The van der Waals surface area contributed by atoms with E-state index in [9.17, 15) is 8.42 Å². The van der Waals surface area contributed by atoms with Crippen molar-refractivity contribution in [3.8, 4) is 0 Å². The lowest BCUT2D eigenvalue weighted by Gasteiger charge is -2.19. The van der Waals surface area contributed by atoms with Gasteiger partial charge in [-0.1, -0.05) is 6.92 Å². The van der Waals surface area contributed by atoms with Gasteiger partial charge in [-0.3, -0.25) is 0 Å². The second-order valence-corrected chi connectivity index (χ2v) is 7.24. The molecule has 0 atom stereocenters. The summed E-state index contributed by atoms with van der Waals surface area (Å²) >= 11 is 1.85. The fourth-order valence-corrected chi connectivity index (χ4v) is 4.07. The van der Waals surface area contributed by atoms with E-state index in [0.717, 1.165) is 30.9 Å². The molecule has 1 heterocycles. The molecule has 0 bridgehead atoms. The molecule has 1 rings (SSSR count). The third kappa shape index (κ3) is 5.03. The first-order valence-corrected chi connectivity index (χ1v) is 8.69. The Kier molecular flexibility index (Phi) is 6.72. The second kappa shape index (κ2) is 7.53. The summed E-state index contributed by atoms with van der Waals surface area (Å²) in [6, 6.07) is 0. The van der Waals surface area contributed by atoms with E-state index in [-0.39, 0.29) is 5.75 Å². The molecular weight excluding hydrogens is 244 g/mol. The number of rotatable bonds is 6. The molecule has 16 heavy (non-hydrogen) atoms. The maximum atomic E-state index is 12.0. The molecule has 0 aromatic heterocycles. The molecule has 0 saturated carbocycles. The normalized spacial score (nSPS) is 19.6. The van der Waals surface area contributed by atoms with E-state index < -0.39 is 10.0 Å². The maximum Gasteiger partial charge on any atom is 0.215 e. The molecule has 0 aromatic carbocycles. The minimum Gasteiger partial charge on any atom is -0.316 e. The van der Waals surface area contributed by atoms with Gasteiger partial charge in [0, 0.05) is 25.4 Å². The third-order valence-electron chi connectivity index (χ3n) is 2.54. The van der Waals surface area contributed by atoms with E-state index >= 15 is 0 Å². The van der Waals surface area contributed by atoms with Gasteiger partial charge in [0.15, 0.2) is 0 Å². The van der Waals surface area contributed by atoms with Crippen molar-refractivity contribution >= 4 is 21.8 Å². The van der Waals surface area contributed by atoms with Crippen molar-refractivity contribution < 1.29 is 8.42 Å². The van der Waals surface area contributed by atoms with Crippen LogP contribution >= 0.6 is 11.8 Å². The molecular formula is C10H22N2O2S2. The van der Waals surface area contributed by atoms with Crippen molar-refractivity contribution in [2.24, 2.45) is 0 Å². The highest BCUT2D eigenvalue weighted by molar-refractivity contribution is 7.99. The second-order valence-electron chi connectivity index (χ2n) is 3.93. The summed E-state index contributed by atoms with van der Waals surface area (Å²) in [4.78, 5) is 0. The average Bonchev–Trinajstić information content (AvgIpc) is 2.53. The van der Waals surface area contributed by atoms with Gasteiger partial charge in [-0.2, -0.15) is 11.8 Å². The summed E-state index contributed by atoms with van der Waals surface area (Å²) in [7, 11) is -3.03. The van der Waals surface area contributed by atoms with Crippen molar-refractivity contribution in [1.82, 2.24) is 9.62 Å². The minimum absolute atomic E-state index is 0.234. The van der Waals surface area contributed by atoms with Crippen LogP contribution in [0.2, 0.25) is 0 Å². The van der Waals surface area contributed by atoms with Gasteiger partial charge in [0.1, 0.15) is 0 Å². The molecule has 1 N–H and O–H groups in total. The highest BCUT2D eigenvalue weighted by Crippen LogP contribution is 2.13. The van der Waals surface area contributed by atoms with Crippen LogP contribution in [0.5, 0.6) is 0 Å². The SMILES string of the molecule is CCCNCCS(=O)(=O)N1CCCSCC1. The topological polar surface area (TPSA) is 49.4 Å². The standard InChI is InChI=1S/C10H22N2O2S2/c1-2-4-11-5-10-16(13,14)12-6-3-8-15-9-7-12/h11H,2-10H2,1H3. The van der Waals surface area contributed by atoms with Crippen LogP contribution in [0.25, 0.3) is 0 Å². The Morgan fingerprint density at radius 3 is 2.81 bits per heavy atom. The first-order chi connectivity index (χ1) is 7.67. The van der Waals surface area contributed by atoms with Gasteiger partial charge < -0.3 is 5.32 Å². The van der Waals surface area contributed by atoms with Gasteiger partial charge in [0.25, 0.3) is 0 Å². The molecule has 0 amide bonds. The van der Waals surface area contributed by atoms with Crippen molar-refractivity contribution in [2.75, 3.05) is 43.4 Å². The first-order valence-electron chi connectivity index (χ1n) is 5.93. The van der Waals surface area contributed by atoms with Crippen molar-refractivity contribution in [3.63, 3.8) is 0 Å². The highest BCUT2D eigenvalue weighted by atomic mass is 32.2. The van der Waals surface area contributed by atoms with Crippen molar-refractivity contribution in [3.05, 3.63) is 0 Å². The monoisotopic (exact) mass is 266 g/mol. The van der Waals surface area contributed by atoms with Gasteiger partial charge in [-0.25, -0.2) is 12.7 Å². The predicted octanol–water partition coefficient (Wildman–Crippen LogP) is 0.755. The number of nitrogens with one attached hydrogen (secondary N) is 1. The van der Waals surface area contributed by atoms with Gasteiger partial charge in [0.2, 0.25) is 10.0 Å². The van der Waals surface area contributed by atoms with E-state index in [1.54, 1.807) is 4.31 Å². The molecule has 4 nitrogen and oxygen atoms in total. The fraction of sp³-hybridized carbons (Fsp3) is 1.00. The summed E-state index contributed by atoms with van der Waals surface area (Å²) in [5.41, 5.74) is 0. The van der Waals surface area contributed by atoms with E-state index in [0.29, 0.717) is 19.6 Å². The molecule has 0 spiro atoms. The Labute approximate surface area is 103 Å². The molecule has 0 unspecified atom stereocenters. The Hall–Kier alpha value is 0.220. The van der Waals surface area contributed by atoms with Crippen LogP contribution in [0.3, 0.4) is 0 Å². The lowest BCUT2D eigenvalue weighted by atomic mass is 10.5. The smallest absolute Gasteiger partial charge is 0.215 e. The lowest BCUT2D eigenvalue weighted by Crippen LogP contribution is -2.37. The van der Waals surface area contributed by atoms with E-state index in [2.05, 4.69) is 12.2 Å². The number of hydrogen-bond donors (Lipinski definition) is 1. The number of sulfonamides is 1. The zero-order valence-corrected chi connectivity index (χ0v) is 11.6. The first kappa shape index (κ1) is 14.3. The Morgan fingerprint density at radius 1 is 1.25 bits per heavy atom. The van der Waals surface area contributed by atoms with E-state index in [1.807, 2.05) is 11.8 Å². The summed E-state index contributed by atoms with van der Waals surface area (Å²) in [6.45, 7) is 4.92. The minimum atomic E-state index is -3.03. The van der Waals surface area contributed by atoms with Gasteiger partial charge >= 0.3 is 0 Å².